The second-order valence-electron chi connectivity index (χ2n) is 1.47. The van der Waals surface area contributed by atoms with Crippen LogP contribution < -0.4 is 0 Å². The molecule has 0 N–H and O–H groups in total. The second kappa shape index (κ2) is 6.29. The lowest BCUT2D eigenvalue weighted by atomic mass is 10.7. The van der Waals surface area contributed by atoms with Gasteiger partial charge in [0.15, 0.2) is 0 Å². The van der Waals surface area contributed by atoms with E-state index in [0.29, 0.717) is 6.61 Å². The van der Waals surface area contributed by atoms with Gasteiger partial charge < -0.3 is 9.16 Å². The zero-order valence-corrected chi connectivity index (χ0v) is 7.64. The largest absolute Gasteiger partial charge is 0.383 e. The van der Waals surface area contributed by atoms with Crippen molar-refractivity contribution >= 4 is 20.2 Å². The Morgan fingerprint density at radius 1 is 1.89 bits per heavy atom. The first-order chi connectivity index (χ1) is 4.31. The molecule has 0 aliphatic rings. The monoisotopic (exact) mass is 166 g/mol. The van der Waals surface area contributed by atoms with Crippen molar-refractivity contribution < 1.29 is 9.16 Å². The minimum atomic E-state index is -0.849. The van der Waals surface area contributed by atoms with Crippen molar-refractivity contribution in [3.63, 3.8) is 0 Å². The van der Waals surface area contributed by atoms with Gasteiger partial charge in [-0.05, 0) is 6.92 Å². The van der Waals surface area contributed by atoms with E-state index >= 15 is 0 Å². The molecule has 54 valence electrons. The van der Waals surface area contributed by atoms with Crippen LogP contribution in [0.3, 0.4) is 0 Å². The van der Waals surface area contributed by atoms with Gasteiger partial charge in [0.1, 0.15) is 6.29 Å². The van der Waals surface area contributed by atoms with E-state index < -0.39 is 9.07 Å². The van der Waals surface area contributed by atoms with Gasteiger partial charge in [-0.15, -0.1) is 17.7 Å². The van der Waals surface area contributed by atoms with Crippen molar-refractivity contribution in [3.8, 4) is 0 Å². The third-order valence-electron chi connectivity index (χ3n) is 0.746. The van der Waals surface area contributed by atoms with E-state index in [1.165, 1.54) is 0 Å². The Morgan fingerprint density at radius 2 is 2.56 bits per heavy atom. The maximum absolute atomic E-state index is 5.39. The first-order valence-corrected chi connectivity index (χ1v) is 5.43. The lowest BCUT2D eigenvalue weighted by Gasteiger charge is -2.09. The summed E-state index contributed by atoms with van der Waals surface area (Å²) in [6, 6.07) is 0. The molecule has 0 bridgehead atoms. The van der Waals surface area contributed by atoms with E-state index in [-0.39, 0.29) is 6.29 Å². The molecule has 2 nitrogen and oxygen atoms in total. The molecule has 0 saturated carbocycles. The Kier molecular flexibility index (Phi) is 6.41. The average molecular weight is 167 g/mol. The molecule has 0 aliphatic carbocycles. The highest BCUT2D eigenvalue weighted by Crippen LogP contribution is 1.92. The summed E-state index contributed by atoms with van der Waals surface area (Å²) >= 11 is 5.39. The Morgan fingerprint density at radius 3 is 3.00 bits per heavy atom. The van der Waals surface area contributed by atoms with Crippen molar-refractivity contribution in [3.05, 3.63) is 12.7 Å². The lowest BCUT2D eigenvalue weighted by Crippen LogP contribution is -2.13. The molecule has 0 saturated heterocycles. The third-order valence-corrected chi connectivity index (χ3v) is 1.72. The Balaban J connectivity index is 3.04. The lowest BCUT2D eigenvalue weighted by molar-refractivity contribution is -0.0517. The third kappa shape index (κ3) is 6.05. The number of rotatable bonds is 5. The van der Waals surface area contributed by atoms with Crippen LogP contribution in [0.25, 0.3) is 0 Å². The van der Waals surface area contributed by atoms with Crippen LogP contribution in [-0.2, 0) is 9.16 Å². The molecule has 0 aromatic carbocycles. The molecule has 0 aromatic heterocycles. The highest BCUT2D eigenvalue weighted by Gasteiger charge is 1.96. The van der Waals surface area contributed by atoms with Crippen molar-refractivity contribution in [1.29, 1.82) is 0 Å². The van der Waals surface area contributed by atoms with Crippen molar-refractivity contribution in [2.75, 3.05) is 6.61 Å². The van der Waals surface area contributed by atoms with Gasteiger partial charge in [0, 0.05) is 0 Å². The summed E-state index contributed by atoms with van der Waals surface area (Å²) in [6.07, 6.45) is 1.50. The van der Waals surface area contributed by atoms with Crippen molar-refractivity contribution in [2.24, 2.45) is 0 Å². The summed E-state index contributed by atoms with van der Waals surface area (Å²) in [6.45, 7) is 5.83. The normalized spacial score (nSPS) is 14.4. The molecular formula is C5H11ClO2Si. The van der Waals surface area contributed by atoms with Gasteiger partial charge in [0.25, 0.3) is 9.07 Å². The zero-order valence-electron chi connectivity index (χ0n) is 5.47. The summed E-state index contributed by atoms with van der Waals surface area (Å²) in [5.41, 5.74) is 0. The highest BCUT2D eigenvalue weighted by molar-refractivity contribution is 6.89. The number of hydrogen-bond donors (Lipinski definition) is 0. The van der Waals surface area contributed by atoms with Crippen LogP contribution in [0.1, 0.15) is 6.92 Å². The Bertz CT molecular complexity index is 79.4. The summed E-state index contributed by atoms with van der Waals surface area (Å²) in [5, 5.41) is 0. The predicted molar refractivity (Wildman–Crippen MR) is 41.1 cm³/mol. The van der Waals surface area contributed by atoms with Crippen LogP contribution in [0, 0.1) is 0 Å². The average Bonchev–Trinajstić information content (AvgIpc) is 1.85. The molecule has 1 atom stereocenters. The van der Waals surface area contributed by atoms with E-state index in [4.69, 9.17) is 20.2 Å². The molecule has 1 unspecified atom stereocenters. The van der Waals surface area contributed by atoms with Crippen LogP contribution in [0.5, 0.6) is 0 Å². The first kappa shape index (κ1) is 9.17. The number of ether oxygens (including phenoxy) is 1. The molecule has 0 amide bonds. The van der Waals surface area contributed by atoms with Crippen LogP contribution in [-0.4, -0.2) is 22.0 Å². The summed E-state index contributed by atoms with van der Waals surface area (Å²) < 4.78 is 10.0. The molecule has 0 aliphatic heterocycles. The van der Waals surface area contributed by atoms with E-state index in [1.807, 2.05) is 6.92 Å². The van der Waals surface area contributed by atoms with Gasteiger partial charge in [-0.1, -0.05) is 6.08 Å². The molecule has 0 spiro atoms. The van der Waals surface area contributed by atoms with Gasteiger partial charge in [-0.3, -0.25) is 0 Å². The van der Waals surface area contributed by atoms with Gasteiger partial charge >= 0.3 is 0 Å². The number of halogens is 1. The van der Waals surface area contributed by atoms with Gasteiger partial charge in [-0.2, -0.15) is 0 Å². The molecular weight excluding hydrogens is 156 g/mol. The van der Waals surface area contributed by atoms with E-state index in [1.54, 1.807) is 6.08 Å². The minimum Gasteiger partial charge on any atom is -0.383 e. The zero-order chi connectivity index (χ0) is 7.11. The maximum Gasteiger partial charge on any atom is 0.261 e. The van der Waals surface area contributed by atoms with Crippen molar-refractivity contribution in [1.82, 2.24) is 0 Å². The summed E-state index contributed by atoms with van der Waals surface area (Å²) in [4.78, 5) is 0. The van der Waals surface area contributed by atoms with Crippen LogP contribution >= 0.6 is 11.1 Å². The SMILES string of the molecule is C=CCOC(C)O[SiH2]Cl. The highest BCUT2D eigenvalue weighted by atomic mass is 35.6. The Labute approximate surface area is 62.4 Å². The summed E-state index contributed by atoms with van der Waals surface area (Å²) in [5.74, 6) is 0. The standard InChI is InChI=1S/C5H11ClO2Si/c1-3-4-7-5(2)8-9-6/h3,5H,1,4,9H2,2H3. The Hall–Kier alpha value is 0.167. The van der Waals surface area contributed by atoms with Crippen molar-refractivity contribution in [2.45, 2.75) is 13.2 Å². The first-order valence-electron chi connectivity index (χ1n) is 2.71. The van der Waals surface area contributed by atoms with E-state index in [0.717, 1.165) is 0 Å². The molecule has 4 heteroatoms. The second-order valence-corrected chi connectivity index (χ2v) is 2.67. The van der Waals surface area contributed by atoms with E-state index in [9.17, 15) is 0 Å². The molecule has 0 aromatic rings. The van der Waals surface area contributed by atoms with E-state index in [2.05, 4.69) is 6.58 Å². The maximum atomic E-state index is 5.39. The molecule has 9 heavy (non-hydrogen) atoms. The molecule has 0 heterocycles. The smallest absolute Gasteiger partial charge is 0.261 e. The quantitative estimate of drug-likeness (QED) is 0.260. The minimum absolute atomic E-state index is 0.174. The van der Waals surface area contributed by atoms with Gasteiger partial charge in [0.2, 0.25) is 0 Å². The molecule has 0 fully saturated rings. The van der Waals surface area contributed by atoms with Gasteiger partial charge in [0.05, 0.1) is 6.61 Å². The topological polar surface area (TPSA) is 18.5 Å². The van der Waals surface area contributed by atoms with Crippen LogP contribution in [0.4, 0.5) is 0 Å². The fourth-order valence-electron chi connectivity index (χ4n) is 0.340. The predicted octanol–water partition coefficient (Wildman–Crippen LogP) is 0.789. The number of hydrogen-bond acceptors (Lipinski definition) is 2. The summed E-state index contributed by atoms with van der Waals surface area (Å²) in [7, 11) is -0.849. The van der Waals surface area contributed by atoms with Gasteiger partial charge in [-0.25, -0.2) is 0 Å². The molecule has 0 rings (SSSR count). The van der Waals surface area contributed by atoms with Crippen LogP contribution in [0.15, 0.2) is 12.7 Å². The van der Waals surface area contributed by atoms with Crippen LogP contribution in [0.2, 0.25) is 0 Å². The fraction of sp³-hybridized carbons (Fsp3) is 0.600. The fourth-order valence-corrected chi connectivity index (χ4v) is 1.15. The molecule has 0 radical (unpaired) electrons.